The fraction of sp³-hybridized carbons (Fsp3) is 0.500. The van der Waals surface area contributed by atoms with E-state index in [0.29, 0.717) is 26.3 Å². The van der Waals surface area contributed by atoms with Crippen LogP contribution in [0.25, 0.3) is 16.2 Å². The maximum Gasteiger partial charge on any atom is 0.242 e. The molecule has 0 radical (unpaired) electrons. The average Bonchev–Trinajstić information content (AvgIpc) is 3.27. The Kier molecular flexibility index (Phi) is 5.90. The van der Waals surface area contributed by atoms with Gasteiger partial charge < -0.3 is 19.9 Å². The molecule has 0 atom stereocenters. The zero-order chi connectivity index (χ0) is 22.2. The number of rotatable bonds is 5. The SMILES string of the molecule is Cc1cccc(-c2nc3sc(N(C)CC(=O)N4CCOCC4)nn3c2NC(C)(C)C)c1. The van der Waals surface area contributed by atoms with Gasteiger partial charge in [0.25, 0.3) is 0 Å². The van der Waals surface area contributed by atoms with E-state index in [9.17, 15) is 4.79 Å². The number of amides is 1. The van der Waals surface area contributed by atoms with Gasteiger partial charge >= 0.3 is 0 Å². The number of benzene rings is 1. The fourth-order valence-electron chi connectivity index (χ4n) is 3.54. The summed E-state index contributed by atoms with van der Waals surface area (Å²) in [5.74, 6) is 0.954. The van der Waals surface area contributed by atoms with Crippen molar-refractivity contribution in [3.8, 4) is 11.3 Å². The summed E-state index contributed by atoms with van der Waals surface area (Å²) in [5, 5.41) is 9.14. The monoisotopic (exact) mass is 442 g/mol. The molecular formula is C22H30N6O2S. The number of likely N-dealkylation sites (N-methyl/N-ethyl adjacent to an activating group) is 1. The van der Waals surface area contributed by atoms with Crippen molar-refractivity contribution in [2.75, 3.05) is 50.1 Å². The number of anilines is 2. The number of ether oxygens (including phenoxy) is 1. The van der Waals surface area contributed by atoms with Gasteiger partial charge in [0.15, 0.2) is 5.82 Å². The van der Waals surface area contributed by atoms with Crippen LogP contribution < -0.4 is 10.2 Å². The van der Waals surface area contributed by atoms with Crippen LogP contribution in [0.5, 0.6) is 0 Å². The third-order valence-corrected chi connectivity index (χ3v) is 6.06. The zero-order valence-electron chi connectivity index (χ0n) is 18.8. The maximum absolute atomic E-state index is 12.6. The summed E-state index contributed by atoms with van der Waals surface area (Å²) in [7, 11) is 1.90. The third-order valence-electron chi connectivity index (χ3n) is 5.04. The summed E-state index contributed by atoms with van der Waals surface area (Å²) in [6, 6.07) is 8.33. The second-order valence-corrected chi connectivity index (χ2v) is 9.92. The number of nitrogens with zero attached hydrogens (tertiary/aromatic N) is 5. The molecule has 1 aliphatic rings. The van der Waals surface area contributed by atoms with E-state index in [0.717, 1.165) is 27.2 Å². The van der Waals surface area contributed by atoms with E-state index in [1.807, 2.05) is 27.4 Å². The number of fused-ring (bicyclic) bond motifs is 1. The van der Waals surface area contributed by atoms with Crippen LogP contribution in [0.2, 0.25) is 0 Å². The van der Waals surface area contributed by atoms with Crippen LogP contribution in [-0.2, 0) is 9.53 Å². The molecule has 1 fully saturated rings. The number of nitrogens with one attached hydrogen (secondary N) is 1. The van der Waals surface area contributed by atoms with Gasteiger partial charge in [-0.15, -0.1) is 5.10 Å². The van der Waals surface area contributed by atoms with Crippen LogP contribution in [0.15, 0.2) is 24.3 Å². The lowest BCUT2D eigenvalue weighted by molar-refractivity contribution is -0.133. The molecule has 3 heterocycles. The fourth-order valence-corrected chi connectivity index (χ4v) is 4.40. The van der Waals surface area contributed by atoms with E-state index in [4.69, 9.17) is 14.8 Å². The molecule has 1 aliphatic heterocycles. The van der Waals surface area contributed by atoms with Crippen molar-refractivity contribution in [3.05, 3.63) is 29.8 Å². The van der Waals surface area contributed by atoms with Gasteiger partial charge in [0, 0.05) is 31.2 Å². The lowest BCUT2D eigenvalue weighted by Crippen LogP contribution is -2.45. The molecule has 0 spiro atoms. The van der Waals surface area contributed by atoms with E-state index >= 15 is 0 Å². The minimum atomic E-state index is -0.156. The molecular weight excluding hydrogens is 412 g/mol. The first-order valence-electron chi connectivity index (χ1n) is 10.5. The molecule has 1 amide bonds. The van der Waals surface area contributed by atoms with Crippen LogP contribution in [-0.4, -0.2) is 70.8 Å². The predicted octanol–water partition coefficient (Wildman–Crippen LogP) is 3.27. The topological polar surface area (TPSA) is 75.0 Å². The predicted molar refractivity (Wildman–Crippen MR) is 125 cm³/mol. The van der Waals surface area contributed by atoms with Gasteiger partial charge in [-0.25, -0.2) is 4.98 Å². The lowest BCUT2D eigenvalue weighted by atomic mass is 10.1. The Morgan fingerprint density at radius 2 is 2.03 bits per heavy atom. The standard InChI is InChI=1S/C22H30N6O2S/c1-15-7-6-8-16(13-15)18-19(24-22(2,3)4)28-20(23-18)31-21(25-28)26(5)14-17(29)27-9-11-30-12-10-27/h6-8,13,24H,9-12,14H2,1-5H3. The summed E-state index contributed by atoms with van der Waals surface area (Å²) in [5.41, 5.74) is 2.97. The second kappa shape index (κ2) is 8.47. The van der Waals surface area contributed by atoms with Gasteiger partial charge in [-0.1, -0.05) is 35.1 Å². The first kappa shape index (κ1) is 21.6. The molecule has 1 saturated heterocycles. The summed E-state index contributed by atoms with van der Waals surface area (Å²) >= 11 is 1.49. The molecule has 166 valence electrons. The lowest BCUT2D eigenvalue weighted by Gasteiger charge is -2.28. The molecule has 4 rings (SSSR count). The number of hydrogen-bond donors (Lipinski definition) is 1. The van der Waals surface area contributed by atoms with Crippen LogP contribution in [0.1, 0.15) is 26.3 Å². The van der Waals surface area contributed by atoms with E-state index < -0.39 is 0 Å². The van der Waals surface area contributed by atoms with Gasteiger partial charge in [-0.2, -0.15) is 4.52 Å². The molecule has 8 nitrogen and oxygen atoms in total. The van der Waals surface area contributed by atoms with E-state index in [1.165, 1.54) is 16.9 Å². The van der Waals surface area contributed by atoms with Gasteiger partial charge in [-0.05, 0) is 33.8 Å². The van der Waals surface area contributed by atoms with Crippen molar-refractivity contribution in [1.29, 1.82) is 0 Å². The van der Waals surface area contributed by atoms with Crippen molar-refractivity contribution in [2.45, 2.75) is 33.2 Å². The highest BCUT2D eigenvalue weighted by Crippen LogP contribution is 2.34. The molecule has 0 aliphatic carbocycles. The minimum absolute atomic E-state index is 0.0899. The number of carbonyl (C=O) groups excluding carboxylic acids is 1. The highest BCUT2D eigenvalue weighted by Gasteiger charge is 2.24. The van der Waals surface area contributed by atoms with Crippen LogP contribution in [0, 0.1) is 6.92 Å². The minimum Gasteiger partial charge on any atom is -0.378 e. The smallest absolute Gasteiger partial charge is 0.242 e. The quantitative estimate of drug-likeness (QED) is 0.654. The van der Waals surface area contributed by atoms with Crippen LogP contribution in [0.4, 0.5) is 10.9 Å². The average molecular weight is 443 g/mol. The van der Waals surface area contributed by atoms with Crippen molar-refractivity contribution in [3.63, 3.8) is 0 Å². The first-order chi connectivity index (χ1) is 14.7. The summed E-state index contributed by atoms with van der Waals surface area (Å²) in [6.07, 6.45) is 0. The van der Waals surface area contributed by atoms with Crippen molar-refractivity contribution in [2.24, 2.45) is 0 Å². The number of carbonyl (C=O) groups is 1. The summed E-state index contributed by atoms with van der Waals surface area (Å²) in [4.78, 5) is 22.1. The summed E-state index contributed by atoms with van der Waals surface area (Å²) in [6.45, 7) is 11.2. The Morgan fingerprint density at radius 3 is 2.71 bits per heavy atom. The third kappa shape index (κ3) is 4.83. The number of imidazole rings is 1. The van der Waals surface area contributed by atoms with Crippen molar-refractivity contribution < 1.29 is 9.53 Å². The van der Waals surface area contributed by atoms with Gasteiger partial charge in [-0.3, -0.25) is 4.79 Å². The van der Waals surface area contributed by atoms with E-state index in [1.54, 1.807) is 0 Å². The van der Waals surface area contributed by atoms with Crippen molar-refractivity contribution in [1.82, 2.24) is 19.5 Å². The highest BCUT2D eigenvalue weighted by molar-refractivity contribution is 7.20. The maximum atomic E-state index is 12.6. The molecule has 0 bridgehead atoms. The Bertz CT molecular complexity index is 1080. The van der Waals surface area contributed by atoms with Crippen molar-refractivity contribution >= 4 is 33.2 Å². The molecule has 3 aromatic rings. The van der Waals surface area contributed by atoms with Gasteiger partial charge in [0.2, 0.25) is 16.0 Å². The number of aromatic nitrogens is 3. The Morgan fingerprint density at radius 1 is 1.29 bits per heavy atom. The molecule has 31 heavy (non-hydrogen) atoms. The normalized spacial score (nSPS) is 14.8. The highest BCUT2D eigenvalue weighted by atomic mass is 32.1. The second-order valence-electron chi connectivity index (χ2n) is 8.98. The van der Waals surface area contributed by atoms with Crippen LogP contribution >= 0.6 is 11.3 Å². The van der Waals surface area contributed by atoms with Gasteiger partial charge in [0.1, 0.15) is 5.69 Å². The molecule has 1 N–H and O–H groups in total. The van der Waals surface area contributed by atoms with Crippen LogP contribution in [0.3, 0.4) is 0 Å². The number of morpholine rings is 1. The molecule has 1 aromatic carbocycles. The Labute approximate surface area is 186 Å². The number of hydrogen-bond acceptors (Lipinski definition) is 7. The molecule has 0 unspecified atom stereocenters. The Hall–Kier alpha value is -2.65. The molecule has 2 aromatic heterocycles. The first-order valence-corrected chi connectivity index (χ1v) is 11.3. The van der Waals surface area contributed by atoms with E-state index in [-0.39, 0.29) is 18.0 Å². The Balaban J connectivity index is 1.64. The largest absolute Gasteiger partial charge is 0.378 e. The molecule has 9 heteroatoms. The zero-order valence-corrected chi connectivity index (χ0v) is 19.6. The number of aryl methyl sites for hydroxylation is 1. The molecule has 0 saturated carbocycles. The van der Waals surface area contributed by atoms with Gasteiger partial charge in [0.05, 0.1) is 19.8 Å². The summed E-state index contributed by atoms with van der Waals surface area (Å²) < 4.78 is 7.20. The van der Waals surface area contributed by atoms with E-state index in [2.05, 4.69) is 51.2 Å².